The maximum absolute atomic E-state index is 12.3. The molecular weight excluding hydrogens is 326 g/mol. The third-order valence-corrected chi connectivity index (χ3v) is 3.68. The molecule has 0 saturated carbocycles. The molecule has 1 aromatic carbocycles. The van der Waals surface area contributed by atoms with Crippen molar-refractivity contribution in [2.24, 2.45) is 7.05 Å². The van der Waals surface area contributed by atoms with Gasteiger partial charge in [-0.25, -0.2) is 0 Å². The van der Waals surface area contributed by atoms with E-state index in [1.807, 2.05) is 25.1 Å². The van der Waals surface area contributed by atoms with E-state index in [9.17, 15) is 4.79 Å². The Morgan fingerprint density at radius 2 is 2.08 bits per heavy atom. The smallest absolute Gasteiger partial charge is 0.322 e. The van der Waals surface area contributed by atoms with E-state index in [0.717, 1.165) is 5.69 Å². The Morgan fingerprint density at radius 1 is 1.28 bits per heavy atom. The van der Waals surface area contributed by atoms with Crippen molar-refractivity contribution in [3.63, 3.8) is 0 Å². The molecule has 0 saturated heterocycles. The van der Waals surface area contributed by atoms with Crippen LogP contribution in [0, 0.1) is 6.92 Å². The quantitative estimate of drug-likeness (QED) is 0.771. The lowest BCUT2D eigenvalue weighted by atomic mass is 10.2. The fourth-order valence-electron chi connectivity index (χ4n) is 2.52. The van der Waals surface area contributed by atoms with E-state index in [1.54, 1.807) is 23.9 Å². The Morgan fingerprint density at radius 3 is 2.84 bits per heavy atom. The molecule has 0 aliphatic carbocycles. The van der Waals surface area contributed by atoms with Gasteiger partial charge in [-0.15, -0.1) is 5.10 Å². The predicted molar refractivity (Wildman–Crippen MR) is 86.2 cm³/mol. The number of amides is 1. The highest BCUT2D eigenvalue weighted by Crippen LogP contribution is 2.31. The highest BCUT2D eigenvalue weighted by Gasteiger charge is 2.28. The van der Waals surface area contributed by atoms with Crippen molar-refractivity contribution in [3.8, 4) is 23.1 Å². The minimum absolute atomic E-state index is 0.0127. The molecule has 1 amide bonds. The number of nitrogens with one attached hydrogen (secondary N) is 1. The SMILES string of the molecule is Cc1cc(-c2nnc(NC(=O)[C@@H]3COc4ccccc4O3)o2)n(C)n1. The summed E-state index contributed by atoms with van der Waals surface area (Å²) in [6.45, 7) is 1.96. The second-order valence-corrected chi connectivity index (χ2v) is 5.56. The number of nitrogens with zero attached hydrogens (tertiary/aromatic N) is 4. The lowest BCUT2D eigenvalue weighted by Crippen LogP contribution is -2.40. The first-order chi connectivity index (χ1) is 12.1. The van der Waals surface area contributed by atoms with Crippen LogP contribution in [-0.2, 0) is 11.8 Å². The largest absolute Gasteiger partial charge is 0.485 e. The zero-order chi connectivity index (χ0) is 17.4. The molecule has 1 N–H and O–H groups in total. The summed E-state index contributed by atoms with van der Waals surface area (Å²) in [5.74, 6) is 0.971. The number of hydrogen-bond donors (Lipinski definition) is 1. The fourth-order valence-corrected chi connectivity index (χ4v) is 2.52. The molecule has 4 rings (SSSR count). The van der Waals surface area contributed by atoms with Gasteiger partial charge in [-0.05, 0) is 25.1 Å². The molecule has 25 heavy (non-hydrogen) atoms. The van der Waals surface area contributed by atoms with Crippen molar-refractivity contribution >= 4 is 11.9 Å². The fraction of sp³-hybridized carbons (Fsp3) is 0.250. The summed E-state index contributed by atoms with van der Waals surface area (Å²) in [7, 11) is 1.77. The number of fused-ring (bicyclic) bond motifs is 1. The number of para-hydroxylation sites is 2. The third-order valence-electron chi connectivity index (χ3n) is 3.68. The molecule has 9 heteroatoms. The normalized spacial score (nSPS) is 15.8. The minimum atomic E-state index is -0.802. The van der Waals surface area contributed by atoms with Gasteiger partial charge in [-0.1, -0.05) is 17.2 Å². The number of ether oxygens (including phenoxy) is 2. The van der Waals surface area contributed by atoms with Gasteiger partial charge < -0.3 is 13.9 Å². The maximum atomic E-state index is 12.3. The van der Waals surface area contributed by atoms with Crippen molar-refractivity contribution in [1.29, 1.82) is 0 Å². The molecule has 3 heterocycles. The first kappa shape index (κ1) is 15.2. The van der Waals surface area contributed by atoms with Crippen molar-refractivity contribution in [3.05, 3.63) is 36.0 Å². The van der Waals surface area contributed by atoms with Crippen molar-refractivity contribution < 1.29 is 18.7 Å². The highest BCUT2D eigenvalue weighted by atomic mass is 16.6. The number of rotatable bonds is 3. The first-order valence-electron chi connectivity index (χ1n) is 7.64. The van der Waals surface area contributed by atoms with Crippen LogP contribution >= 0.6 is 0 Å². The number of carbonyl (C=O) groups is 1. The van der Waals surface area contributed by atoms with Crippen LogP contribution in [-0.4, -0.2) is 38.6 Å². The van der Waals surface area contributed by atoms with E-state index in [0.29, 0.717) is 17.2 Å². The van der Waals surface area contributed by atoms with Crippen molar-refractivity contribution in [2.45, 2.75) is 13.0 Å². The lowest BCUT2D eigenvalue weighted by Gasteiger charge is -2.24. The summed E-state index contributed by atoms with van der Waals surface area (Å²) in [6, 6.07) is 8.97. The Hall–Kier alpha value is -3.36. The van der Waals surface area contributed by atoms with E-state index in [2.05, 4.69) is 20.6 Å². The third kappa shape index (κ3) is 2.91. The van der Waals surface area contributed by atoms with Crippen LogP contribution in [0.25, 0.3) is 11.6 Å². The molecule has 0 bridgehead atoms. The van der Waals surface area contributed by atoms with Crippen LogP contribution < -0.4 is 14.8 Å². The van der Waals surface area contributed by atoms with Crippen LogP contribution in [0.2, 0.25) is 0 Å². The number of aryl methyl sites for hydroxylation is 2. The van der Waals surface area contributed by atoms with Gasteiger partial charge in [0.25, 0.3) is 11.8 Å². The van der Waals surface area contributed by atoms with E-state index >= 15 is 0 Å². The van der Waals surface area contributed by atoms with Gasteiger partial charge in [-0.2, -0.15) is 5.10 Å². The number of hydrogen-bond acceptors (Lipinski definition) is 7. The molecule has 1 aliphatic rings. The summed E-state index contributed by atoms with van der Waals surface area (Å²) in [4.78, 5) is 12.3. The summed E-state index contributed by atoms with van der Waals surface area (Å²) in [5, 5.41) is 14.5. The standard InChI is InChI=1S/C16H15N5O4/c1-9-7-10(21(2)20-9)15-18-19-16(25-15)17-14(22)13-8-23-11-5-3-4-6-12(11)24-13/h3-7,13H,8H2,1-2H3,(H,17,19,22)/t13-/m0/s1. The molecule has 3 aromatic rings. The molecule has 0 spiro atoms. The van der Waals surface area contributed by atoms with Gasteiger partial charge in [0.1, 0.15) is 12.3 Å². The van der Waals surface area contributed by atoms with Gasteiger partial charge in [0.15, 0.2) is 11.5 Å². The van der Waals surface area contributed by atoms with Gasteiger partial charge in [0, 0.05) is 7.05 Å². The average Bonchev–Trinajstić information content (AvgIpc) is 3.20. The zero-order valence-electron chi connectivity index (χ0n) is 13.6. The molecular formula is C16H15N5O4. The number of anilines is 1. The second kappa shape index (κ2) is 5.93. The lowest BCUT2D eigenvalue weighted by molar-refractivity contribution is -0.125. The van der Waals surface area contributed by atoms with Gasteiger partial charge in [0.05, 0.1) is 5.69 Å². The summed E-state index contributed by atoms with van der Waals surface area (Å²) in [5.41, 5.74) is 1.49. The molecule has 2 aromatic heterocycles. The van der Waals surface area contributed by atoms with Crippen LogP contribution in [0.4, 0.5) is 6.01 Å². The van der Waals surface area contributed by atoms with E-state index in [4.69, 9.17) is 13.9 Å². The molecule has 1 aliphatic heterocycles. The van der Waals surface area contributed by atoms with Crippen molar-refractivity contribution in [1.82, 2.24) is 20.0 Å². The molecule has 0 unspecified atom stereocenters. The van der Waals surface area contributed by atoms with E-state index < -0.39 is 12.0 Å². The van der Waals surface area contributed by atoms with E-state index in [-0.39, 0.29) is 18.5 Å². The molecule has 1 atom stereocenters. The number of aromatic nitrogens is 4. The molecule has 9 nitrogen and oxygen atoms in total. The van der Waals surface area contributed by atoms with Crippen molar-refractivity contribution in [2.75, 3.05) is 11.9 Å². The van der Waals surface area contributed by atoms with Gasteiger partial charge >= 0.3 is 6.01 Å². The van der Waals surface area contributed by atoms with Gasteiger partial charge in [-0.3, -0.25) is 14.8 Å². The van der Waals surface area contributed by atoms with E-state index in [1.165, 1.54) is 0 Å². The Labute approximate surface area is 142 Å². The summed E-state index contributed by atoms with van der Waals surface area (Å²) in [6.07, 6.45) is -0.802. The molecule has 128 valence electrons. The van der Waals surface area contributed by atoms with Crippen LogP contribution in [0.1, 0.15) is 5.69 Å². The Bertz CT molecular complexity index is 932. The van der Waals surface area contributed by atoms with Crippen LogP contribution in [0.3, 0.4) is 0 Å². The van der Waals surface area contributed by atoms with Gasteiger partial charge in [0.2, 0.25) is 6.10 Å². The number of carbonyl (C=O) groups excluding carboxylic acids is 1. The zero-order valence-corrected chi connectivity index (χ0v) is 13.6. The topological polar surface area (TPSA) is 104 Å². The molecule has 0 radical (unpaired) electrons. The minimum Gasteiger partial charge on any atom is -0.485 e. The maximum Gasteiger partial charge on any atom is 0.322 e. The first-order valence-corrected chi connectivity index (χ1v) is 7.64. The highest BCUT2D eigenvalue weighted by molar-refractivity contribution is 5.93. The van der Waals surface area contributed by atoms with Crippen LogP contribution in [0.5, 0.6) is 11.5 Å². The molecule has 0 fully saturated rings. The van der Waals surface area contributed by atoms with Crippen LogP contribution in [0.15, 0.2) is 34.7 Å². The average molecular weight is 341 g/mol. The summed E-state index contributed by atoms with van der Waals surface area (Å²) >= 11 is 0. The number of benzene rings is 1. The second-order valence-electron chi connectivity index (χ2n) is 5.56. The predicted octanol–water partition coefficient (Wildman–Crippen LogP) is 1.56. The monoisotopic (exact) mass is 341 g/mol. The Balaban J connectivity index is 1.46. The Kier molecular flexibility index (Phi) is 3.60. The summed E-state index contributed by atoms with van der Waals surface area (Å²) < 4.78 is 18.3.